The molecular formula is C19H25N3O. The van der Waals surface area contributed by atoms with Gasteiger partial charge in [-0.3, -0.25) is 4.79 Å². The van der Waals surface area contributed by atoms with Crippen LogP contribution >= 0.6 is 0 Å². The molecule has 1 aromatic carbocycles. The molecule has 1 fully saturated rings. The first-order chi connectivity index (χ1) is 11.0. The van der Waals surface area contributed by atoms with Crippen LogP contribution in [0.4, 0.5) is 0 Å². The molecule has 0 spiro atoms. The van der Waals surface area contributed by atoms with Gasteiger partial charge in [0.25, 0.3) is 5.91 Å². The van der Waals surface area contributed by atoms with Gasteiger partial charge >= 0.3 is 0 Å². The number of likely N-dealkylation sites (tertiary alicyclic amines) is 1. The molecule has 1 saturated heterocycles. The Bertz CT molecular complexity index is 687. The maximum atomic E-state index is 12.8. The van der Waals surface area contributed by atoms with Crippen LogP contribution in [0.2, 0.25) is 0 Å². The quantitative estimate of drug-likeness (QED) is 0.865. The molecule has 0 radical (unpaired) electrons. The molecule has 1 aliphatic heterocycles. The number of carbonyl (C=O) groups is 1. The molecule has 0 unspecified atom stereocenters. The van der Waals surface area contributed by atoms with Crippen molar-refractivity contribution >= 4 is 5.91 Å². The predicted molar refractivity (Wildman–Crippen MR) is 91.6 cm³/mol. The monoisotopic (exact) mass is 311 g/mol. The molecule has 1 amide bonds. The number of hydrogen-bond donors (Lipinski definition) is 0. The van der Waals surface area contributed by atoms with E-state index in [9.17, 15) is 4.79 Å². The molecule has 0 N–H and O–H groups in total. The molecule has 0 bridgehead atoms. The third kappa shape index (κ3) is 3.16. The number of hydrogen-bond acceptors (Lipinski definition) is 2. The Labute approximate surface area is 138 Å². The van der Waals surface area contributed by atoms with Crippen molar-refractivity contribution in [3.05, 3.63) is 53.6 Å². The van der Waals surface area contributed by atoms with Gasteiger partial charge in [0.05, 0.1) is 6.33 Å². The Balaban J connectivity index is 1.75. The number of nitrogens with zero attached hydrogens (tertiary/aromatic N) is 3. The zero-order valence-corrected chi connectivity index (χ0v) is 14.4. The van der Waals surface area contributed by atoms with Gasteiger partial charge in [0.2, 0.25) is 0 Å². The molecule has 0 aliphatic carbocycles. The van der Waals surface area contributed by atoms with Crippen LogP contribution in [0.15, 0.2) is 36.8 Å². The van der Waals surface area contributed by atoms with Crippen molar-refractivity contribution in [2.45, 2.75) is 52.1 Å². The number of imidazole rings is 1. The van der Waals surface area contributed by atoms with Crippen molar-refractivity contribution in [1.29, 1.82) is 0 Å². The molecule has 1 aromatic heterocycles. The Morgan fingerprint density at radius 2 is 1.96 bits per heavy atom. The highest BCUT2D eigenvalue weighted by Gasteiger charge is 2.34. The van der Waals surface area contributed by atoms with Crippen LogP contribution in [-0.4, -0.2) is 32.9 Å². The van der Waals surface area contributed by atoms with Crippen molar-refractivity contribution in [2.24, 2.45) is 0 Å². The SMILES string of the molecule is Cc1ccc([C@H]2C[C@@H](C)N(C(=O)c3cn(C(C)C)cn3)C2)cc1. The Morgan fingerprint density at radius 3 is 2.57 bits per heavy atom. The zero-order chi connectivity index (χ0) is 16.6. The molecule has 2 atom stereocenters. The van der Waals surface area contributed by atoms with E-state index in [1.807, 2.05) is 15.7 Å². The fraction of sp³-hybridized carbons (Fsp3) is 0.474. The molecule has 2 heterocycles. The minimum atomic E-state index is 0.0477. The number of benzene rings is 1. The fourth-order valence-corrected chi connectivity index (χ4v) is 3.27. The van der Waals surface area contributed by atoms with Crippen molar-refractivity contribution < 1.29 is 4.79 Å². The van der Waals surface area contributed by atoms with Crippen LogP contribution in [0.25, 0.3) is 0 Å². The van der Waals surface area contributed by atoms with E-state index in [0.717, 1.165) is 13.0 Å². The van der Waals surface area contributed by atoms with Crippen LogP contribution in [0.1, 0.15) is 60.8 Å². The van der Waals surface area contributed by atoms with Crippen LogP contribution in [0.3, 0.4) is 0 Å². The molecule has 4 nitrogen and oxygen atoms in total. The lowest BCUT2D eigenvalue weighted by atomic mass is 9.96. The second kappa shape index (κ2) is 6.19. The summed E-state index contributed by atoms with van der Waals surface area (Å²) in [5.74, 6) is 0.466. The van der Waals surface area contributed by atoms with Gasteiger partial charge in [0.15, 0.2) is 0 Å². The van der Waals surface area contributed by atoms with Gasteiger partial charge in [-0.25, -0.2) is 4.98 Å². The molecule has 4 heteroatoms. The van der Waals surface area contributed by atoms with Crippen LogP contribution < -0.4 is 0 Å². The summed E-state index contributed by atoms with van der Waals surface area (Å²) in [6, 6.07) is 9.24. The second-order valence-electron chi connectivity index (χ2n) is 6.95. The topological polar surface area (TPSA) is 38.1 Å². The summed E-state index contributed by atoms with van der Waals surface area (Å²) >= 11 is 0. The van der Waals surface area contributed by atoms with E-state index in [2.05, 4.69) is 56.9 Å². The van der Waals surface area contributed by atoms with Gasteiger partial charge in [0, 0.05) is 30.7 Å². The van der Waals surface area contributed by atoms with Crippen molar-refractivity contribution in [3.8, 4) is 0 Å². The normalized spacial score (nSPS) is 21.2. The summed E-state index contributed by atoms with van der Waals surface area (Å²) in [4.78, 5) is 19.0. The second-order valence-corrected chi connectivity index (χ2v) is 6.95. The lowest BCUT2D eigenvalue weighted by molar-refractivity contribution is 0.0740. The Kier molecular flexibility index (Phi) is 4.24. The van der Waals surface area contributed by atoms with Crippen molar-refractivity contribution in [2.75, 3.05) is 6.54 Å². The average molecular weight is 311 g/mol. The summed E-state index contributed by atoms with van der Waals surface area (Å²) in [6.45, 7) is 9.18. The highest BCUT2D eigenvalue weighted by molar-refractivity contribution is 5.92. The third-order valence-electron chi connectivity index (χ3n) is 4.80. The standard InChI is InChI=1S/C19H25N3O/c1-13(2)21-11-18(20-12-21)19(23)22-10-17(9-15(22)4)16-7-5-14(3)6-8-16/h5-8,11-13,15,17H,9-10H2,1-4H3/t15-,17+/m1/s1. The number of amides is 1. The van der Waals surface area contributed by atoms with Gasteiger partial charge in [0.1, 0.15) is 5.69 Å². The van der Waals surface area contributed by atoms with E-state index < -0.39 is 0 Å². The minimum Gasteiger partial charge on any atom is -0.334 e. The highest BCUT2D eigenvalue weighted by atomic mass is 16.2. The van der Waals surface area contributed by atoms with Crippen LogP contribution in [-0.2, 0) is 0 Å². The van der Waals surface area contributed by atoms with Gasteiger partial charge < -0.3 is 9.47 Å². The first kappa shape index (κ1) is 15.8. The molecule has 0 saturated carbocycles. The zero-order valence-electron chi connectivity index (χ0n) is 14.4. The molecule has 2 aromatic rings. The molecule has 3 rings (SSSR count). The maximum absolute atomic E-state index is 12.8. The van der Waals surface area contributed by atoms with Crippen LogP contribution in [0.5, 0.6) is 0 Å². The largest absolute Gasteiger partial charge is 0.334 e. The summed E-state index contributed by atoms with van der Waals surface area (Å²) in [5.41, 5.74) is 3.15. The predicted octanol–water partition coefficient (Wildman–Crippen LogP) is 3.79. The summed E-state index contributed by atoms with van der Waals surface area (Å²) in [6.07, 6.45) is 4.62. The van der Waals surface area contributed by atoms with Gasteiger partial charge in [-0.15, -0.1) is 0 Å². The summed E-state index contributed by atoms with van der Waals surface area (Å²) < 4.78 is 1.98. The van der Waals surface area contributed by atoms with Gasteiger partial charge in [-0.05, 0) is 39.7 Å². The van der Waals surface area contributed by atoms with Crippen molar-refractivity contribution in [1.82, 2.24) is 14.5 Å². The van der Waals surface area contributed by atoms with Gasteiger partial charge in [-0.1, -0.05) is 29.8 Å². The first-order valence-corrected chi connectivity index (χ1v) is 8.36. The first-order valence-electron chi connectivity index (χ1n) is 8.36. The third-order valence-corrected chi connectivity index (χ3v) is 4.80. The molecule has 23 heavy (non-hydrogen) atoms. The Hall–Kier alpha value is -2.10. The van der Waals surface area contributed by atoms with E-state index in [0.29, 0.717) is 17.7 Å². The minimum absolute atomic E-state index is 0.0477. The number of rotatable bonds is 3. The van der Waals surface area contributed by atoms with E-state index in [-0.39, 0.29) is 11.9 Å². The Morgan fingerprint density at radius 1 is 1.26 bits per heavy atom. The number of carbonyl (C=O) groups excluding carboxylic acids is 1. The fourth-order valence-electron chi connectivity index (χ4n) is 3.27. The molecule has 1 aliphatic rings. The molecule has 122 valence electrons. The van der Waals surface area contributed by atoms with E-state index in [1.165, 1.54) is 11.1 Å². The molecular weight excluding hydrogens is 286 g/mol. The maximum Gasteiger partial charge on any atom is 0.274 e. The number of aryl methyl sites for hydroxylation is 1. The van der Waals surface area contributed by atoms with Crippen LogP contribution in [0, 0.1) is 6.92 Å². The van der Waals surface area contributed by atoms with E-state index in [4.69, 9.17) is 0 Å². The lowest BCUT2D eigenvalue weighted by Crippen LogP contribution is -2.34. The summed E-state index contributed by atoms with van der Waals surface area (Å²) in [7, 11) is 0. The van der Waals surface area contributed by atoms with E-state index >= 15 is 0 Å². The number of aromatic nitrogens is 2. The van der Waals surface area contributed by atoms with E-state index in [1.54, 1.807) is 6.33 Å². The smallest absolute Gasteiger partial charge is 0.274 e. The summed E-state index contributed by atoms with van der Waals surface area (Å²) in [5, 5.41) is 0. The average Bonchev–Trinajstić information content (AvgIpc) is 3.14. The van der Waals surface area contributed by atoms with Crippen molar-refractivity contribution in [3.63, 3.8) is 0 Å². The van der Waals surface area contributed by atoms with Gasteiger partial charge in [-0.2, -0.15) is 0 Å². The highest BCUT2D eigenvalue weighted by Crippen LogP contribution is 2.32. The lowest BCUT2D eigenvalue weighted by Gasteiger charge is -2.20.